The van der Waals surface area contributed by atoms with Gasteiger partial charge < -0.3 is 29.4 Å². The van der Waals surface area contributed by atoms with Crippen LogP contribution in [0.2, 0.25) is 0 Å². The average Bonchev–Trinajstić information content (AvgIpc) is 3.13. The quantitative estimate of drug-likeness (QED) is 0.627. The first kappa shape index (κ1) is 18.7. The van der Waals surface area contributed by atoms with Gasteiger partial charge in [0.15, 0.2) is 5.69 Å². The van der Waals surface area contributed by atoms with E-state index in [-0.39, 0.29) is 11.8 Å². The van der Waals surface area contributed by atoms with E-state index in [0.717, 1.165) is 10.9 Å². The summed E-state index contributed by atoms with van der Waals surface area (Å²) in [5.74, 6) is 1.24. The maximum Gasteiger partial charge on any atom is 0.275 e. The number of hydrogen-bond donors (Lipinski definition) is 2. The summed E-state index contributed by atoms with van der Waals surface area (Å²) < 4.78 is 10.9. The van der Waals surface area contributed by atoms with Crippen molar-refractivity contribution in [2.24, 2.45) is 10.2 Å². The van der Waals surface area contributed by atoms with Gasteiger partial charge in [0, 0.05) is 31.6 Å². The molecule has 4 heterocycles. The van der Waals surface area contributed by atoms with Gasteiger partial charge in [0.1, 0.15) is 0 Å². The van der Waals surface area contributed by atoms with Gasteiger partial charge >= 0.3 is 0 Å². The molecule has 2 fully saturated rings. The molecule has 156 valence electrons. The number of ether oxygens (including phenoxy) is 2. The second-order valence-corrected chi connectivity index (χ2v) is 7.00. The molecule has 0 aliphatic carbocycles. The van der Waals surface area contributed by atoms with Gasteiger partial charge in [0.25, 0.3) is 5.95 Å². The predicted molar refractivity (Wildman–Crippen MR) is 110 cm³/mol. The zero-order valence-corrected chi connectivity index (χ0v) is 16.4. The summed E-state index contributed by atoms with van der Waals surface area (Å²) in [6.45, 7) is 5.30. The van der Waals surface area contributed by atoms with Crippen LogP contribution in [0, 0.1) is 0 Å². The number of azo groups is 1. The zero-order chi connectivity index (χ0) is 20.3. The number of rotatable bonds is 4. The van der Waals surface area contributed by atoms with E-state index in [1.807, 2.05) is 24.3 Å². The first-order valence-electron chi connectivity index (χ1n) is 9.91. The number of fused-ring (bicyclic) bond motifs is 1. The molecule has 0 bridgehead atoms. The van der Waals surface area contributed by atoms with Crippen LogP contribution >= 0.6 is 0 Å². The Bertz CT molecular complexity index is 1020. The van der Waals surface area contributed by atoms with E-state index in [0.29, 0.717) is 70.2 Å². The predicted octanol–water partition coefficient (Wildman–Crippen LogP) is 2.15. The molecule has 11 nitrogen and oxygen atoms in total. The van der Waals surface area contributed by atoms with E-state index in [1.54, 1.807) is 0 Å². The SMILES string of the molecule is Oc1[nH]c2ccccc2c1N=Nc1nc(N2CCOCC2)nc(N2CCOCC2)n1. The fraction of sp³-hybridized carbons (Fsp3) is 0.421. The number of benzene rings is 1. The number of H-pyrrole nitrogens is 1. The van der Waals surface area contributed by atoms with Crippen LogP contribution in [0.3, 0.4) is 0 Å². The molecular formula is C19H22N8O3. The summed E-state index contributed by atoms with van der Waals surface area (Å²) in [6, 6.07) is 7.49. The van der Waals surface area contributed by atoms with Crippen molar-refractivity contribution >= 4 is 34.4 Å². The topological polar surface area (TPSA) is 124 Å². The van der Waals surface area contributed by atoms with Crippen molar-refractivity contribution in [3.05, 3.63) is 24.3 Å². The van der Waals surface area contributed by atoms with Crippen LogP contribution in [0.1, 0.15) is 0 Å². The van der Waals surface area contributed by atoms with E-state index in [4.69, 9.17) is 9.47 Å². The maximum atomic E-state index is 10.2. The highest BCUT2D eigenvalue weighted by atomic mass is 16.5. The normalized spacial score (nSPS) is 17.9. The van der Waals surface area contributed by atoms with Crippen molar-refractivity contribution in [3.63, 3.8) is 0 Å². The second-order valence-electron chi connectivity index (χ2n) is 7.00. The number of anilines is 2. The van der Waals surface area contributed by atoms with Crippen molar-refractivity contribution in [3.8, 4) is 5.88 Å². The third-order valence-corrected chi connectivity index (χ3v) is 5.09. The van der Waals surface area contributed by atoms with Crippen LogP contribution in [-0.4, -0.2) is 77.6 Å². The molecule has 2 saturated heterocycles. The lowest BCUT2D eigenvalue weighted by Crippen LogP contribution is -2.39. The van der Waals surface area contributed by atoms with Crippen LogP contribution in [0.15, 0.2) is 34.5 Å². The van der Waals surface area contributed by atoms with Crippen molar-refractivity contribution in [1.82, 2.24) is 19.9 Å². The van der Waals surface area contributed by atoms with Crippen molar-refractivity contribution in [2.45, 2.75) is 0 Å². The second kappa shape index (κ2) is 8.20. The minimum atomic E-state index is -0.0455. The Morgan fingerprint density at radius 2 is 1.43 bits per heavy atom. The molecule has 11 heteroatoms. The number of aromatic amines is 1. The fourth-order valence-electron chi connectivity index (χ4n) is 3.51. The van der Waals surface area contributed by atoms with E-state index in [9.17, 15) is 5.11 Å². The molecule has 5 rings (SSSR count). The van der Waals surface area contributed by atoms with Crippen molar-refractivity contribution in [1.29, 1.82) is 0 Å². The van der Waals surface area contributed by atoms with E-state index in [1.165, 1.54) is 0 Å². The van der Waals surface area contributed by atoms with Gasteiger partial charge in [-0.2, -0.15) is 15.0 Å². The van der Waals surface area contributed by atoms with Crippen LogP contribution in [-0.2, 0) is 9.47 Å². The molecule has 2 N–H and O–H groups in total. The molecule has 1 aromatic carbocycles. The smallest absolute Gasteiger partial charge is 0.275 e. The number of hydrogen-bond acceptors (Lipinski definition) is 10. The molecule has 0 atom stereocenters. The Kier molecular flexibility index (Phi) is 5.11. The molecule has 2 aromatic heterocycles. The van der Waals surface area contributed by atoms with Crippen LogP contribution < -0.4 is 9.80 Å². The molecular weight excluding hydrogens is 388 g/mol. The monoisotopic (exact) mass is 410 g/mol. The third-order valence-electron chi connectivity index (χ3n) is 5.09. The molecule has 30 heavy (non-hydrogen) atoms. The van der Waals surface area contributed by atoms with E-state index >= 15 is 0 Å². The fourth-order valence-corrected chi connectivity index (χ4v) is 3.51. The lowest BCUT2D eigenvalue weighted by molar-refractivity contribution is 0.121. The summed E-state index contributed by atoms with van der Waals surface area (Å²) in [5, 5.41) is 19.5. The number of aromatic hydroxyl groups is 1. The van der Waals surface area contributed by atoms with Gasteiger partial charge in [-0.3, -0.25) is 0 Å². The molecule has 3 aromatic rings. The van der Waals surface area contributed by atoms with Crippen LogP contribution in [0.4, 0.5) is 23.5 Å². The highest BCUT2D eigenvalue weighted by Gasteiger charge is 2.21. The van der Waals surface area contributed by atoms with Gasteiger partial charge in [0.05, 0.1) is 31.9 Å². The van der Waals surface area contributed by atoms with Gasteiger partial charge in [-0.1, -0.05) is 18.2 Å². The number of aromatic nitrogens is 4. The molecule has 0 unspecified atom stereocenters. The number of nitrogens with one attached hydrogen (secondary N) is 1. The molecule has 0 saturated carbocycles. The molecule has 2 aliphatic rings. The van der Waals surface area contributed by atoms with Gasteiger partial charge in [-0.25, -0.2) is 0 Å². The first-order chi connectivity index (χ1) is 14.8. The summed E-state index contributed by atoms with van der Waals surface area (Å²) >= 11 is 0. The zero-order valence-electron chi connectivity index (χ0n) is 16.4. The summed E-state index contributed by atoms with van der Waals surface area (Å²) in [6.07, 6.45) is 0. The molecule has 0 spiro atoms. The molecule has 2 aliphatic heterocycles. The van der Waals surface area contributed by atoms with Gasteiger partial charge in [0.2, 0.25) is 17.8 Å². The summed E-state index contributed by atoms with van der Waals surface area (Å²) in [7, 11) is 0. The first-order valence-corrected chi connectivity index (χ1v) is 9.91. The number of para-hydroxylation sites is 1. The summed E-state index contributed by atoms with van der Waals surface area (Å²) in [4.78, 5) is 20.7. The lowest BCUT2D eigenvalue weighted by atomic mass is 10.2. The van der Waals surface area contributed by atoms with E-state index in [2.05, 4.69) is 40.0 Å². The standard InChI is InChI=1S/C19H22N8O3/c28-16-15(13-3-1-2-4-14(13)20-16)24-25-17-21-18(26-5-9-29-10-6-26)23-19(22-17)27-7-11-30-12-8-27/h1-4,20,28H,5-12H2. The highest BCUT2D eigenvalue weighted by Crippen LogP contribution is 2.36. The van der Waals surface area contributed by atoms with Gasteiger partial charge in [-0.15, -0.1) is 10.2 Å². The van der Waals surface area contributed by atoms with Crippen LogP contribution in [0.25, 0.3) is 10.9 Å². The summed E-state index contributed by atoms with van der Waals surface area (Å²) in [5.41, 5.74) is 1.13. The van der Waals surface area contributed by atoms with Crippen molar-refractivity contribution in [2.75, 3.05) is 62.4 Å². The van der Waals surface area contributed by atoms with Crippen molar-refractivity contribution < 1.29 is 14.6 Å². The maximum absolute atomic E-state index is 10.2. The minimum absolute atomic E-state index is 0.0455. The Morgan fingerprint density at radius 1 is 0.833 bits per heavy atom. The lowest BCUT2D eigenvalue weighted by Gasteiger charge is -2.29. The average molecular weight is 410 g/mol. The Labute approximate surface area is 172 Å². The minimum Gasteiger partial charge on any atom is -0.493 e. The molecule has 0 amide bonds. The highest BCUT2D eigenvalue weighted by molar-refractivity contribution is 5.94. The van der Waals surface area contributed by atoms with Gasteiger partial charge in [-0.05, 0) is 6.07 Å². The van der Waals surface area contributed by atoms with Crippen LogP contribution in [0.5, 0.6) is 5.88 Å². The number of morpholine rings is 2. The largest absolute Gasteiger partial charge is 0.493 e. The Morgan fingerprint density at radius 3 is 2.07 bits per heavy atom. The Hall–Kier alpha value is -3.31. The molecule has 0 radical (unpaired) electrons. The number of nitrogens with zero attached hydrogens (tertiary/aromatic N) is 7. The van der Waals surface area contributed by atoms with E-state index < -0.39 is 0 Å². The third kappa shape index (κ3) is 3.76. The Balaban J connectivity index is 1.51.